The number of carbonyl (C=O) groups is 1. The van der Waals surface area contributed by atoms with Gasteiger partial charge in [-0.25, -0.2) is 5.43 Å². The summed E-state index contributed by atoms with van der Waals surface area (Å²) in [5.74, 6) is 0.610. The second kappa shape index (κ2) is 8.60. The van der Waals surface area contributed by atoms with Gasteiger partial charge in [-0.15, -0.1) is 11.6 Å². The maximum absolute atomic E-state index is 10.9. The Morgan fingerprint density at radius 3 is 2.95 bits per heavy atom. The molecule has 108 valence electrons. The fraction of sp³-hybridized carbons (Fsp3) is 0.231. The number of hydrogen-bond donors (Lipinski definition) is 1. The number of rotatable bonds is 7. The first-order chi connectivity index (χ1) is 9.62. The van der Waals surface area contributed by atoms with Crippen LogP contribution >= 0.6 is 27.5 Å². The van der Waals surface area contributed by atoms with Gasteiger partial charge in [-0.2, -0.15) is 5.10 Å². The van der Waals surface area contributed by atoms with E-state index in [2.05, 4.69) is 33.0 Å². The first kappa shape index (κ1) is 16.5. The SMILES string of the molecule is C=CCOc1c(Br)cc(/C=N\NC(=O)CCl)cc1OC. The van der Waals surface area contributed by atoms with Gasteiger partial charge in [-0.1, -0.05) is 12.7 Å². The Bertz CT molecular complexity index is 521. The molecule has 7 heteroatoms. The zero-order valence-electron chi connectivity index (χ0n) is 10.9. The van der Waals surface area contributed by atoms with Crippen LogP contribution in [0.5, 0.6) is 11.5 Å². The summed E-state index contributed by atoms with van der Waals surface area (Å²) in [4.78, 5) is 10.9. The van der Waals surface area contributed by atoms with Gasteiger partial charge in [0, 0.05) is 0 Å². The lowest BCUT2D eigenvalue weighted by Gasteiger charge is -2.12. The third-order valence-corrected chi connectivity index (χ3v) is 2.95. The minimum atomic E-state index is -0.375. The fourth-order valence-corrected chi connectivity index (χ4v) is 1.94. The van der Waals surface area contributed by atoms with E-state index in [-0.39, 0.29) is 11.8 Å². The smallest absolute Gasteiger partial charge is 0.254 e. The van der Waals surface area contributed by atoms with Crippen molar-refractivity contribution in [1.82, 2.24) is 5.43 Å². The number of hydrazone groups is 1. The molecule has 0 aliphatic rings. The standard InChI is InChI=1S/C13H14BrClN2O3/c1-3-4-20-13-10(14)5-9(6-11(13)19-2)8-16-17-12(18)7-15/h3,5-6,8H,1,4,7H2,2H3,(H,17,18)/b16-8-. The molecular formula is C13H14BrClN2O3. The van der Waals surface area contributed by atoms with Gasteiger partial charge < -0.3 is 9.47 Å². The highest BCUT2D eigenvalue weighted by molar-refractivity contribution is 9.10. The highest BCUT2D eigenvalue weighted by Gasteiger charge is 2.10. The Morgan fingerprint density at radius 2 is 2.35 bits per heavy atom. The second-order valence-corrected chi connectivity index (χ2v) is 4.68. The summed E-state index contributed by atoms with van der Waals surface area (Å²) in [5, 5.41) is 3.78. The highest BCUT2D eigenvalue weighted by Crippen LogP contribution is 2.36. The van der Waals surface area contributed by atoms with Gasteiger partial charge in [0.15, 0.2) is 11.5 Å². The molecule has 1 aromatic rings. The van der Waals surface area contributed by atoms with Crippen molar-refractivity contribution in [2.45, 2.75) is 0 Å². The summed E-state index contributed by atoms with van der Waals surface area (Å²) in [7, 11) is 1.54. The van der Waals surface area contributed by atoms with Crippen molar-refractivity contribution in [2.75, 3.05) is 19.6 Å². The predicted octanol–water partition coefficient (Wildman–Crippen LogP) is 2.71. The van der Waals surface area contributed by atoms with E-state index in [4.69, 9.17) is 21.1 Å². The Kier molecular flexibility index (Phi) is 7.11. The molecule has 0 spiro atoms. The van der Waals surface area contributed by atoms with E-state index >= 15 is 0 Å². The van der Waals surface area contributed by atoms with E-state index in [1.807, 2.05) is 0 Å². The normalized spacial score (nSPS) is 10.3. The topological polar surface area (TPSA) is 59.9 Å². The molecule has 0 fully saturated rings. The number of hydrogen-bond acceptors (Lipinski definition) is 4. The number of methoxy groups -OCH3 is 1. The van der Waals surface area contributed by atoms with Crippen LogP contribution in [0.2, 0.25) is 0 Å². The van der Waals surface area contributed by atoms with Gasteiger partial charge in [-0.05, 0) is 33.6 Å². The minimum absolute atomic E-state index is 0.140. The summed E-state index contributed by atoms with van der Waals surface area (Å²) in [5.41, 5.74) is 3.02. The van der Waals surface area contributed by atoms with Gasteiger partial charge in [0.05, 0.1) is 17.8 Å². The van der Waals surface area contributed by atoms with E-state index in [0.717, 1.165) is 5.56 Å². The summed E-state index contributed by atoms with van der Waals surface area (Å²) in [6, 6.07) is 3.52. The van der Waals surface area contributed by atoms with Crippen molar-refractivity contribution in [3.8, 4) is 11.5 Å². The Morgan fingerprint density at radius 1 is 1.60 bits per heavy atom. The third kappa shape index (κ3) is 4.86. The lowest BCUT2D eigenvalue weighted by molar-refractivity contribution is -0.118. The molecule has 1 amide bonds. The van der Waals surface area contributed by atoms with Crippen LogP contribution < -0.4 is 14.9 Å². The molecule has 0 saturated carbocycles. The van der Waals surface area contributed by atoms with E-state index in [9.17, 15) is 4.79 Å². The molecule has 0 radical (unpaired) electrons. The number of carbonyl (C=O) groups excluding carboxylic acids is 1. The second-order valence-electron chi connectivity index (χ2n) is 3.56. The molecule has 0 heterocycles. The molecule has 0 bridgehead atoms. The molecule has 5 nitrogen and oxygen atoms in total. The van der Waals surface area contributed by atoms with E-state index < -0.39 is 0 Å². The number of nitrogens with one attached hydrogen (secondary N) is 1. The van der Waals surface area contributed by atoms with Gasteiger partial charge >= 0.3 is 0 Å². The fourth-order valence-electron chi connectivity index (χ4n) is 1.31. The molecule has 0 aliphatic heterocycles. The zero-order chi connectivity index (χ0) is 15.0. The van der Waals surface area contributed by atoms with E-state index in [1.54, 1.807) is 25.3 Å². The monoisotopic (exact) mass is 360 g/mol. The van der Waals surface area contributed by atoms with Crippen molar-refractivity contribution in [1.29, 1.82) is 0 Å². The van der Waals surface area contributed by atoms with Crippen molar-refractivity contribution < 1.29 is 14.3 Å². The van der Waals surface area contributed by atoms with Crippen LogP contribution in [0.15, 0.2) is 34.4 Å². The van der Waals surface area contributed by atoms with Gasteiger partial charge in [0.2, 0.25) is 0 Å². The van der Waals surface area contributed by atoms with Gasteiger partial charge in [0.25, 0.3) is 5.91 Å². The highest BCUT2D eigenvalue weighted by atomic mass is 79.9. The molecule has 0 saturated heterocycles. The molecule has 1 N–H and O–H groups in total. The van der Waals surface area contributed by atoms with Gasteiger partial charge in [-0.3, -0.25) is 4.79 Å². The first-order valence-electron chi connectivity index (χ1n) is 5.61. The van der Waals surface area contributed by atoms with Crippen LogP contribution in [0.3, 0.4) is 0 Å². The maximum atomic E-state index is 10.9. The zero-order valence-corrected chi connectivity index (χ0v) is 13.2. The minimum Gasteiger partial charge on any atom is -0.493 e. The summed E-state index contributed by atoms with van der Waals surface area (Å²) in [6.45, 7) is 3.96. The van der Waals surface area contributed by atoms with Crippen molar-refractivity contribution in [2.24, 2.45) is 5.10 Å². The van der Waals surface area contributed by atoms with Crippen LogP contribution in [0.1, 0.15) is 5.56 Å². The van der Waals surface area contributed by atoms with E-state index in [1.165, 1.54) is 6.21 Å². The molecule has 1 aromatic carbocycles. The van der Waals surface area contributed by atoms with Crippen LogP contribution in [0.4, 0.5) is 0 Å². The van der Waals surface area contributed by atoms with Crippen molar-refractivity contribution in [3.05, 3.63) is 34.8 Å². The van der Waals surface area contributed by atoms with Crippen molar-refractivity contribution >= 4 is 39.7 Å². The molecule has 0 aromatic heterocycles. The summed E-state index contributed by atoms with van der Waals surface area (Å²) >= 11 is 8.73. The average molecular weight is 362 g/mol. The molecular weight excluding hydrogens is 348 g/mol. The van der Waals surface area contributed by atoms with Crippen LogP contribution in [-0.4, -0.2) is 31.7 Å². The Balaban J connectivity index is 2.92. The lowest BCUT2D eigenvalue weighted by atomic mass is 10.2. The van der Waals surface area contributed by atoms with Crippen molar-refractivity contribution in [3.63, 3.8) is 0 Å². The quantitative estimate of drug-likeness (QED) is 0.351. The van der Waals surface area contributed by atoms with Crippen LogP contribution in [0, 0.1) is 0 Å². The maximum Gasteiger partial charge on any atom is 0.254 e. The molecule has 0 atom stereocenters. The summed E-state index contributed by atoms with van der Waals surface area (Å²) < 4.78 is 11.5. The number of alkyl halides is 1. The molecule has 0 aliphatic carbocycles. The molecule has 0 unspecified atom stereocenters. The predicted molar refractivity (Wildman–Crippen MR) is 82.8 cm³/mol. The largest absolute Gasteiger partial charge is 0.493 e. The summed E-state index contributed by atoms with van der Waals surface area (Å²) in [6.07, 6.45) is 3.12. The number of ether oxygens (including phenoxy) is 2. The molecule has 20 heavy (non-hydrogen) atoms. The molecule has 1 rings (SSSR count). The average Bonchev–Trinajstić information content (AvgIpc) is 2.45. The van der Waals surface area contributed by atoms with Gasteiger partial charge in [0.1, 0.15) is 12.5 Å². The third-order valence-electron chi connectivity index (χ3n) is 2.12. The Labute approximate surface area is 130 Å². The van der Waals surface area contributed by atoms with Crippen LogP contribution in [-0.2, 0) is 4.79 Å². The van der Waals surface area contributed by atoms with Crippen LogP contribution in [0.25, 0.3) is 0 Å². The number of benzene rings is 1. The number of halogens is 2. The Hall–Kier alpha value is -1.53. The van der Waals surface area contributed by atoms with E-state index in [0.29, 0.717) is 22.6 Å². The number of amides is 1. The lowest BCUT2D eigenvalue weighted by Crippen LogP contribution is -2.18. The number of nitrogens with zero attached hydrogens (tertiary/aromatic N) is 1. The first-order valence-corrected chi connectivity index (χ1v) is 6.94.